The van der Waals surface area contributed by atoms with Crippen molar-refractivity contribution in [2.45, 2.75) is 19.0 Å². The number of amides is 3. The largest absolute Gasteiger partial charge is 0.433 e. The van der Waals surface area contributed by atoms with Gasteiger partial charge in [0.2, 0.25) is 5.91 Å². The van der Waals surface area contributed by atoms with E-state index in [-0.39, 0.29) is 29.7 Å². The van der Waals surface area contributed by atoms with E-state index in [9.17, 15) is 27.6 Å². The van der Waals surface area contributed by atoms with Crippen LogP contribution in [-0.2, 0) is 20.6 Å². The molecule has 3 amide bonds. The number of carbonyl (C=O) groups is 3. The molecule has 0 saturated heterocycles. The Balaban J connectivity index is 1.41. The number of imide groups is 1. The number of pyridine rings is 1. The molecule has 2 aliphatic rings. The van der Waals surface area contributed by atoms with Gasteiger partial charge < -0.3 is 10.2 Å². The molecule has 0 unspecified atom stereocenters. The SMILES string of the molecule is CN1C(=O)C2=C(C1=O)N(CC(=O)Nc1ccc(-c3ccc(C(F)(F)F)nc3)nn1)CCC2. The number of alkyl halides is 3. The fourth-order valence-corrected chi connectivity index (χ4v) is 3.57. The van der Waals surface area contributed by atoms with Crippen molar-refractivity contribution in [3.63, 3.8) is 0 Å². The van der Waals surface area contributed by atoms with Crippen molar-refractivity contribution in [2.24, 2.45) is 0 Å². The van der Waals surface area contributed by atoms with Crippen LogP contribution < -0.4 is 5.32 Å². The van der Waals surface area contributed by atoms with E-state index in [1.165, 1.54) is 25.2 Å². The maximum Gasteiger partial charge on any atom is 0.433 e. The van der Waals surface area contributed by atoms with Crippen LogP contribution in [0.1, 0.15) is 18.5 Å². The number of aromatic nitrogens is 3. The van der Waals surface area contributed by atoms with Gasteiger partial charge in [-0.3, -0.25) is 24.3 Å². The van der Waals surface area contributed by atoms with Gasteiger partial charge in [-0.1, -0.05) is 0 Å². The second-order valence-electron chi connectivity index (χ2n) is 7.30. The first kappa shape index (κ1) is 21.4. The van der Waals surface area contributed by atoms with Crippen molar-refractivity contribution in [3.8, 4) is 11.3 Å². The topological polar surface area (TPSA) is 108 Å². The van der Waals surface area contributed by atoms with Crippen molar-refractivity contribution in [1.29, 1.82) is 0 Å². The predicted molar refractivity (Wildman–Crippen MR) is 105 cm³/mol. The Morgan fingerprint density at radius 1 is 1.12 bits per heavy atom. The zero-order chi connectivity index (χ0) is 23.0. The van der Waals surface area contributed by atoms with Crippen molar-refractivity contribution in [2.75, 3.05) is 25.5 Å². The summed E-state index contributed by atoms with van der Waals surface area (Å²) in [6.45, 7) is 0.322. The maximum absolute atomic E-state index is 12.6. The van der Waals surface area contributed by atoms with Crippen LogP contribution in [0.2, 0.25) is 0 Å². The van der Waals surface area contributed by atoms with E-state index in [0.717, 1.165) is 17.2 Å². The number of rotatable bonds is 4. The molecule has 0 fully saturated rings. The number of hydrogen-bond donors (Lipinski definition) is 1. The second-order valence-corrected chi connectivity index (χ2v) is 7.30. The molecule has 0 bridgehead atoms. The summed E-state index contributed by atoms with van der Waals surface area (Å²) in [6.07, 6.45) is -2.35. The molecular formula is C20H17F3N6O3. The standard InChI is InChI=1S/C20H17F3N6O3/c1-28-18(31)12-3-2-8-29(17(12)19(28)32)10-16(30)25-15-7-5-13(26-27-15)11-4-6-14(24-9-11)20(21,22)23/h4-7,9H,2-3,8,10H2,1H3,(H,25,27,30). The highest BCUT2D eigenvalue weighted by Crippen LogP contribution is 2.30. The fourth-order valence-electron chi connectivity index (χ4n) is 3.57. The summed E-state index contributed by atoms with van der Waals surface area (Å²) in [4.78, 5) is 42.9. The van der Waals surface area contributed by atoms with Gasteiger partial charge in [-0.15, -0.1) is 10.2 Å². The number of likely N-dealkylation sites (N-methyl/N-ethyl adjacent to an activating group) is 1. The molecule has 12 heteroatoms. The highest BCUT2D eigenvalue weighted by atomic mass is 19.4. The van der Waals surface area contributed by atoms with Gasteiger partial charge in [-0.2, -0.15) is 13.2 Å². The lowest BCUT2D eigenvalue weighted by Gasteiger charge is -2.28. The van der Waals surface area contributed by atoms with E-state index in [2.05, 4.69) is 20.5 Å². The van der Waals surface area contributed by atoms with E-state index >= 15 is 0 Å². The molecule has 0 aliphatic carbocycles. The minimum Gasteiger partial charge on any atom is -0.357 e. The quantitative estimate of drug-likeness (QED) is 0.714. The van der Waals surface area contributed by atoms with Gasteiger partial charge in [0.25, 0.3) is 11.8 Å². The van der Waals surface area contributed by atoms with Gasteiger partial charge in [0.1, 0.15) is 11.4 Å². The summed E-state index contributed by atoms with van der Waals surface area (Å²) >= 11 is 0. The first-order chi connectivity index (χ1) is 15.1. The molecule has 0 radical (unpaired) electrons. The molecule has 1 N–H and O–H groups in total. The van der Waals surface area contributed by atoms with Crippen LogP contribution in [0, 0.1) is 0 Å². The van der Waals surface area contributed by atoms with Crippen LogP contribution in [-0.4, -0.2) is 62.8 Å². The number of nitrogens with one attached hydrogen (secondary N) is 1. The molecule has 4 rings (SSSR count). The van der Waals surface area contributed by atoms with Gasteiger partial charge in [0.15, 0.2) is 5.82 Å². The van der Waals surface area contributed by atoms with Gasteiger partial charge in [-0.05, 0) is 37.1 Å². The fraction of sp³-hybridized carbons (Fsp3) is 0.300. The van der Waals surface area contributed by atoms with Crippen LogP contribution in [0.15, 0.2) is 41.7 Å². The van der Waals surface area contributed by atoms with E-state index < -0.39 is 23.7 Å². The van der Waals surface area contributed by atoms with E-state index in [1.54, 1.807) is 4.90 Å². The van der Waals surface area contributed by atoms with E-state index in [0.29, 0.717) is 30.5 Å². The lowest BCUT2D eigenvalue weighted by atomic mass is 10.0. The molecular weight excluding hydrogens is 429 g/mol. The summed E-state index contributed by atoms with van der Waals surface area (Å²) in [5, 5.41) is 10.3. The summed E-state index contributed by atoms with van der Waals surface area (Å²) in [5.41, 5.74) is 0.293. The molecule has 2 aromatic rings. The summed E-state index contributed by atoms with van der Waals surface area (Å²) < 4.78 is 37.9. The summed E-state index contributed by atoms with van der Waals surface area (Å²) in [7, 11) is 1.41. The van der Waals surface area contributed by atoms with E-state index in [4.69, 9.17) is 0 Å². The van der Waals surface area contributed by atoms with Gasteiger partial charge in [-0.25, -0.2) is 0 Å². The Bertz CT molecular complexity index is 1110. The Hall–Kier alpha value is -3.83. The van der Waals surface area contributed by atoms with Crippen molar-refractivity contribution >= 4 is 23.5 Å². The zero-order valence-electron chi connectivity index (χ0n) is 16.8. The van der Waals surface area contributed by atoms with Crippen LogP contribution in [0.5, 0.6) is 0 Å². The molecule has 0 atom stereocenters. The van der Waals surface area contributed by atoms with Crippen LogP contribution in [0.4, 0.5) is 19.0 Å². The molecule has 9 nitrogen and oxygen atoms in total. The zero-order valence-corrected chi connectivity index (χ0v) is 16.8. The first-order valence-corrected chi connectivity index (χ1v) is 9.63. The minimum atomic E-state index is -4.53. The Kier molecular flexibility index (Phi) is 5.36. The average Bonchev–Trinajstić information content (AvgIpc) is 2.98. The molecule has 2 aliphatic heterocycles. The molecule has 32 heavy (non-hydrogen) atoms. The van der Waals surface area contributed by atoms with Crippen molar-refractivity contribution < 1.29 is 27.6 Å². The molecule has 0 aromatic carbocycles. The molecule has 0 saturated carbocycles. The Morgan fingerprint density at radius 3 is 2.53 bits per heavy atom. The minimum absolute atomic E-state index is 0.135. The lowest BCUT2D eigenvalue weighted by Crippen LogP contribution is -2.38. The molecule has 0 spiro atoms. The number of halogens is 3. The van der Waals surface area contributed by atoms with Gasteiger partial charge in [0, 0.05) is 30.9 Å². The summed E-state index contributed by atoms with van der Waals surface area (Å²) in [5.74, 6) is -1.08. The predicted octanol–water partition coefficient (Wildman–Crippen LogP) is 1.84. The first-order valence-electron chi connectivity index (χ1n) is 9.63. The third kappa shape index (κ3) is 4.03. The number of nitrogens with zero attached hydrogens (tertiary/aromatic N) is 5. The number of carbonyl (C=O) groups excluding carboxylic acids is 3. The molecule has 2 aromatic heterocycles. The smallest absolute Gasteiger partial charge is 0.357 e. The highest BCUT2D eigenvalue weighted by Gasteiger charge is 2.40. The Labute approximate surface area is 179 Å². The number of anilines is 1. The van der Waals surface area contributed by atoms with Gasteiger partial charge >= 0.3 is 6.18 Å². The summed E-state index contributed by atoms with van der Waals surface area (Å²) in [6, 6.07) is 5.02. The average molecular weight is 446 g/mol. The van der Waals surface area contributed by atoms with Gasteiger partial charge in [0.05, 0.1) is 12.2 Å². The highest BCUT2D eigenvalue weighted by molar-refractivity contribution is 6.19. The number of hydrogen-bond acceptors (Lipinski definition) is 7. The normalized spacial score (nSPS) is 16.5. The van der Waals surface area contributed by atoms with Crippen LogP contribution in [0.3, 0.4) is 0 Å². The molecule has 166 valence electrons. The van der Waals surface area contributed by atoms with E-state index in [1.807, 2.05) is 0 Å². The maximum atomic E-state index is 12.6. The second kappa shape index (κ2) is 8.02. The monoisotopic (exact) mass is 446 g/mol. The van der Waals surface area contributed by atoms with Crippen molar-refractivity contribution in [1.82, 2.24) is 25.0 Å². The third-order valence-electron chi connectivity index (χ3n) is 5.14. The molecule has 4 heterocycles. The lowest BCUT2D eigenvalue weighted by molar-refractivity contribution is -0.141. The Morgan fingerprint density at radius 2 is 1.91 bits per heavy atom. The third-order valence-corrected chi connectivity index (χ3v) is 5.14. The van der Waals surface area contributed by atoms with Crippen LogP contribution >= 0.6 is 0 Å². The van der Waals surface area contributed by atoms with Crippen LogP contribution in [0.25, 0.3) is 11.3 Å². The van der Waals surface area contributed by atoms with Crippen molar-refractivity contribution in [3.05, 3.63) is 47.4 Å².